The Morgan fingerprint density at radius 1 is 1.47 bits per heavy atom. The van der Waals surface area contributed by atoms with Crippen molar-refractivity contribution in [3.63, 3.8) is 0 Å². The van der Waals surface area contributed by atoms with Crippen LogP contribution >= 0.6 is 11.6 Å². The fourth-order valence-corrected chi connectivity index (χ4v) is 2.90. The lowest BCUT2D eigenvalue weighted by molar-refractivity contribution is 0.195. The highest BCUT2D eigenvalue weighted by Crippen LogP contribution is 2.37. The van der Waals surface area contributed by atoms with Gasteiger partial charge in [-0.25, -0.2) is 0 Å². The molecule has 2 rings (SSSR count). The van der Waals surface area contributed by atoms with Crippen LogP contribution in [0.15, 0.2) is 12.1 Å². The van der Waals surface area contributed by atoms with E-state index in [1.165, 1.54) is 16.7 Å². The first kappa shape index (κ1) is 12.9. The van der Waals surface area contributed by atoms with Crippen LogP contribution in [0.4, 0.5) is 0 Å². The predicted octanol–water partition coefficient (Wildman–Crippen LogP) is 3.12. The summed E-state index contributed by atoms with van der Waals surface area (Å²) in [7, 11) is 0. The first-order valence-corrected chi connectivity index (χ1v) is 6.64. The molecule has 0 bridgehead atoms. The fourth-order valence-electron chi connectivity index (χ4n) is 2.72. The summed E-state index contributed by atoms with van der Waals surface area (Å²) in [5.74, 6) is 0.661. The van der Waals surface area contributed by atoms with Crippen LogP contribution < -0.4 is 5.73 Å². The summed E-state index contributed by atoms with van der Waals surface area (Å²) in [5.41, 5.74) is 9.90. The second kappa shape index (κ2) is 4.97. The molecule has 1 unspecified atom stereocenters. The van der Waals surface area contributed by atoms with Crippen molar-refractivity contribution in [1.29, 1.82) is 0 Å². The standard InChI is InChI=1S/C14H21ClN2/c1-9(2)7-17-8-12-10(3)13(15)5-4-11(12)14(17)6-16/h4-5,9,14H,6-8,16H2,1-3H3. The zero-order valence-corrected chi connectivity index (χ0v) is 11.6. The van der Waals surface area contributed by atoms with Crippen LogP contribution in [0.1, 0.15) is 36.6 Å². The molecule has 0 saturated carbocycles. The third-order valence-corrected chi connectivity index (χ3v) is 3.96. The Kier molecular flexibility index (Phi) is 3.76. The molecule has 0 radical (unpaired) electrons. The number of fused-ring (bicyclic) bond motifs is 1. The number of rotatable bonds is 3. The minimum absolute atomic E-state index is 0.364. The maximum Gasteiger partial charge on any atom is 0.0477 e. The summed E-state index contributed by atoms with van der Waals surface area (Å²) in [5, 5.41) is 0.867. The summed E-state index contributed by atoms with van der Waals surface area (Å²) in [6.07, 6.45) is 0. The zero-order valence-electron chi connectivity index (χ0n) is 10.8. The normalized spacial score (nSPS) is 20.0. The molecule has 1 aliphatic rings. The van der Waals surface area contributed by atoms with Crippen LogP contribution in [-0.4, -0.2) is 18.0 Å². The lowest BCUT2D eigenvalue weighted by Gasteiger charge is -2.25. The van der Waals surface area contributed by atoms with Crippen molar-refractivity contribution < 1.29 is 0 Å². The summed E-state index contributed by atoms with van der Waals surface area (Å²) in [6.45, 7) is 9.36. The van der Waals surface area contributed by atoms with Crippen LogP contribution in [0.3, 0.4) is 0 Å². The summed E-state index contributed by atoms with van der Waals surface area (Å²) in [4.78, 5) is 2.47. The third kappa shape index (κ3) is 2.35. The number of hydrogen-bond donors (Lipinski definition) is 1. The van der Waals surface area contributed by atoms with Gasteiger partial charge in [0.25, 0.3) is 0 Å². The number of nitrogens with two attached hydrogens (primary N) is 1. The average molecular weight is 253 g/mol. The molecule has 2 N–H and O–H groups in total. The molecule has 94 valence electrons. The molecular weight excluding hydrogens is 232 g/mol. The molecule has 1 aromatic carbocycles. The highest BCUT2D eigenvalue weighted by atomic mass is 35.5. The Bertz CT molecular complexity index is 415. The zero-order chi connectivity index (χ0) is 12.6. The predicted molar refractivity (Wildman–Crippen MR) is 73.2 cm³/mol. The van der Waals surface area contributed by atoms with Gasteiger partial charge in [-0.15, -0.1) is 0 Å². The van der Waals surface area contributed by atoms with Gasteiger partial charge in [-0.3, -0.25) is 4.90 Å². The molecule has 3 heteroatoms. The SMILES string of the molecule is Cc1c(Cl)ccc2c1CN(CC(C)C)C2CN. The van der Waals surface area contributed by atoms with Gasteiger partial charge in [0.05, 0.1) is 0 Å². The molecule has 1 aromatic rings. The lowest BCUT2D eigenvalue weighted by atomic mass is 10.0. The molecule has 1 atom stereocenters. The van der Waals surface area contributed by atoms with Crippen molar-refractivity contribution >= 4 is 11.6 Å². The Morgan fingerprint density at radius 2 is 2.18 bits per heavy atom. The van der Waals surface area contributed by atoms with E-state index in [4.69, 9.17) is 17.3 Å². The maximum atomic E-state index is 6.19. The second-order valence-corrected chi connectivity index (χ2v) is 5.72. The van der Waals surface area contributed by atoms with E-state index in [9.17, 15) is 0 Å². The Balaban J connectivity index is 2.34. The van der Waals surface area contributed by atoms with Crippen molar-refractivity contribution in [2.24, 2.45) is 11.7 Å². The first-order valence-electron chi connectivity index (χ1n) is 6.26. The van der Waals surface area contributed by atoms with Gasteiger partial charge in [0.1, 0.15) is 0 Å². The van der Waals surface area contributed by atoms with Crippen molar-refractivity contribution in [2.75, 3.05) is 13.1 Å². The second-order valence-electron chi connectivity index (χ2n) is 5.31. The minimum atomic E-state index is 0.364. The number of benzene rings is 1. The van der Waals surface area contributed by atoms with Crippen LogP contribution in [0.25, 0.3) is 0 Å². The summed E-state index contributed by atoms with van der Waals surface area (Å²) >= 11 is 6.19. The molecule has 17 heavy (non-hydrogen) atoms. The van der Waals surface area contributed by atoms with Crippen molar-refractivity contribution in [3.05, 3.63) is 33.8 Å². The molecule has 0 aromatic heterocycles. The lowest BCUT2D eigenvalue weighted by Crippen LogP contribution is -2.30. The third-order valence-electron chi connectivity index (χ3n) is 3.55. The molecule has 0 aliphatic carbocycles. The van der Waals surface area contributed by atoms with E-state index >= 15 is 0 Å². The molecule has 2 nitrogen and oxygen atoms in total. The molecule has 1 aliphatic heterocycles. The van der Waals surface area contributed by atoms with Gasteiger partial charge in [0.15, 0.2) is 0 Å². The average Bonchev–Trinajstić information content (AvgIpc) is 2.61. The van der Waals surface area contributed by atoms with E-state index in [2.05, 4.69) is 31.7 Å². The van der Waals surface area contributed by atoms with E-state index in [1.807, 2.05) is 6.07 Å². The van der Waals surface area contributed by atoms with Crippen LogP contribution in [0.2, 0.25) is 5.02 Å². The van der Waals surface area contributed by atoms with Crippen molar-refractivity contribution in [2.45, 2.75) is 33.4 Å². The van der Waals surface area contributed by atoms with E-state index in [0.29, 0.717) is 18.5 Å². The van der Waals surface area contributed by atoms with Crippen molar-refractivity contribution in [3.8, 4) is 0 Å². The van der Waals surface area contributed by atoms with E-state index < -0.39 is 0 Å². The van der Waals surface area contributed by atoms with Gasteiger partial charge in [-0.2, -0.15) is 0 Å². The van der Waals surface area contributed by atoms with E-state index in [1.54, 1.807) is 0 Å². The van der Waals surface area contributed by atoms with Gasteiger partial charge < -0.3 is 5.73 Å². The van der Waals surface area contributed by atoms with Gasteiger partial charge in [-0.05, 0) is 35.6 Å². The molecule has 1 heterocycles. The molecule has 0 amide bonds. The molecule has 0 fully saturated rings. The number of hydrogen-bond acceptors (Lipinski definition) is 2. The summed E-state index contributed by atoms with van der Waals surface area (Å²) < 4.78 is 0. The Morgan fingerprint density at radius 3 is 2.76 bits per heavy atom. The molecule has 0 spiro atoms. The topological polar surface area (TPSA) is 29.3 Å². The van der Waals surface area contributed by atoms with Crippen LogP contribution in [0, 0.1) is 12.8 Å². The highest BCUT2D eigenvalue weighted by Gasteiger charge is 2.30. The summed E-state index contributed by atoms with van der Waals surface area (Å²) in [6, 6.07) is 4.50. The van der Waals surface area contributed by atoms with Gasteiger partial charge >= 0.3 is 0 Å². The largest absolute Gasteiger partial charge is 0.329 e. The monoisotopic (exact) mass is 252 g/mol. The maximum absolute atomic E-state index is 6.19. The Hall–Kier alpha value is -0.570. The number of nitrogens with zero attached hydrogens (tertiary/aromatic N) is 1. The van der Waals surface area contributed by atoms with E-state index in [0.717, 1.165) is 18.1 Å². The Labute approximate surface area is 109 Å². The smallest absolute Gasteiger partial charge is 0.0477 e. The highest BCUT2D eigenvalue weighted by molar-refractivity contribution is 6.31. The van der Waals surface area contributed by atoms with Crippen LogP contribution in [-0.2, 0) is 6.54 Å². The van der Waals surface area contributed by atoms with Gasteiger partial charge in [0.2, 0.25) is 0 Å². The first-order chi connectivity index (χ1) is 8.04. The quantitative estimate of drug-likeness (QED) is 0.896. The minimum Gasteiger partial charge on any atom is -0.329 e. The van der Waals surface area contributed by atoms with Crippen molar-refractivity contribution in [1.82, 2.24) is 4.90 Å². The number of halogens is 1. The van der Waals surface area contributed by atoms with Gasteiger partial charge in [0, 0.05) is 30.7 Å². The molecule has 0 saturated heterocycles. The van der Waals surface area contributed by atoms with Crippen LogP contribution in [0.5, 0.6) is 0 Å². The van der Waals surface area contributed by atoms with Gasteiger partial charge in [-0.1, -0.05) is 31.5 Å². The van der Waals surface area contributed by atoms with E-state index in [-0.39, 0.29) is 0 Å². The molecular formula is C14H21ClN2. The fraction of sp³-hybridized carbons (Fsp3) is 0.571.